The van der Waals surface area contributed by atoms with E-state index in [1.54, 1.807) is 17.0 Å². The second-order valence-electron chi connectivity index (χ2n) is 7.11. The van der Waals surface area contributed by atoms with Gasteiger partial charge in [-0.3, -0.25) is 10.1 Å². The van der Waals surface area contributed by atoms with Crippen LogP contribution in [-0.4, -0.2) is 47.0 Å². The van der Waals surface area contributed by atoms with Crippen LogP contribution in [0.4, 0.5) is 21.3 Å². The van der Waals surface area contributed by atoms with Crippen LogP contribution in [0.5, 0.6) is 0 Å². The minimum atomic E-state index is -0.397. The summed E-state index contributed by atoms with van der Waals surface area (Å²) in [7, 11) is 0. The molecule has 150 valence electrons. The van der Waals surface area contributed by atoms with Gasteiger partial charge in [0.25, 0.3) is 5.69 Å². The number of hydrogen-bond acceptors (Lipinski definition) is 6. The van der Waals surface area contributed by atoms with Gasteiger partial charge in [-0.15, -0.1) is 0 Å². The minimum absolute atomic E-state index is 0.0699. The molecule has 4 rings (SSSR count). The molecule has 0 bridgehead atoms. The molecule has 9 heteroatoms. The second kappa shape index (κ2) is 7.67. The van der Waals surface area contributed by atoms with E-state index >= 15 is 0 Å². The van der Waals surface area contributed by atoms with Crippen LogP contribution in [0.25, 0.3) is 10.2 Å². The van der Waals surface area contributed by atoms with Crippen LogP contribution in [-0.2, 0) is 0 Å². The molecule has 1 saturated heterocycles. The van der Waals surface area contributed by atoms with Crippen molar-refractivity contribution in [1.29, 1.82) is 0 Å². The van der Waals surface area contributed by atoms with Gasteiger partial charge in [0.1, 0.15) is 0 Å². The number of thiazole rings is 1. The van der Waals surface area contributed by atoms with Crippen molar-refractivity contribution in [3.8, 4) is 0 Å². The van der Waals surface area contributed by atoms with Gasteiger partial charge in [-0.25, -0.2) is 9.78 Å². The maximum absolute atomic E-state index is 12.6. The largest absolute Gasteiger partial charge is 0.345 e. The summed E-state index contributed by atoms with van der Waals surface area (Å²) in [5.41, 5.74) is 3.96. The number of fused-ring (bicyclic) bond motifs is 1. The highest BCUT2D eigenvalue weighted by Gasteiger charge is 2.23. The summed E-state index contributed by atoms with van der Waals surface area (Å²) < 4.78 is 0.795. The Morgan fingerprint density at radius 2 is 1.86 bits per heavy atom. The van der Waals surface area contributed by atoms with Gasteiger partial charge in [0, 0.05) is 44.0 Å². The number of carbonyl (C=O) groups is 1. The zero-order valence-corrected chi connectivity index (χ0v) is 17.0. The number of aromatic nitrogens is 1. The van der Waals surface area contributed by atoms with Crippen LogP contribution < -0.4 is 10.2 Å². The molecule has 3 aromatic rings. The van der Waals surface area contributed by atoms with Crippen LogP contribution in [0.2, 0.25) is 0 Å². The number of urea groups is 1. The number of nitro groups is 1. The van der Waals surface area contributed by atoms with Crippen molar-refractivity contribution < 1.29 is 9.72 Å². The lowest BCUT2D eigenvalue weighted by molar-refractivity contribution is -0.384. The van der Waals surface area contributed by atoms with Crippen molar-refractivity contribution in [3.05, 3.63) is 57.6 Å². The molecule has 0 saturated carbocycles. The Balaban J connectivity index is 1.39. The second-order valence-corrected chi connectivity index (χ2v) is 8.12. The molecule has 8 nitrogen and oxygen atoms in total. The molecular formula is C20H21N5O3S. The Morgan fingerprint density at radius 1 is 1.10 bits per heavy atom. The Morgan fingerprint density at radius 3 is 2.55 bits per heavy atom. The third kappa shape index (κ3) is 4.00. The minimum Gasteiger partial charge on any atom is -0.345 e. The Bertz CT molecular complexity index is 1090. The molecule has 2 aromatic carbocycles. The van der Waals surface area contributed by atoms with Crippen molar-refractivity contribution in [1.82, 2.24) is 9.88 Å². The lowest BCUT2D eigenvalue weighted by atomic mass is 10.1. The number of aryl methyl sites for hydroxylation is 2. The van der Waals surface area contributed by atoms with E-state index < -0.39 is 4.92 Å². The summed E-state index contributed by atoms with van der Waals surface area (Å²) in [6, 6.07) is 10.5. The molecule has 2 amide bonds. The normalized spacial score (nSPS) is 14.3. The van der Waals surface area contributed by atoms with Gasteiger partial charge in [0.15, 0.2) is 5.13 Å². The number of anilines is 2. The lowest BCUT2D eigenvalue weighted by Gasteiger charge is -2.34. The van der Waals surface area contributed by atoms with E-state index in [4.69, 9.17) is 0 Å². The molecule has 2 heterocycles. The predicted octanol–water partition coefficient (Wildman–Crippen LogP) is 4.18. The molecule has 0 spiro atoms. The average Bonchev–Trinajstić information content (AvgIpc) is 3.14. The fourth-order valence-corrected chi connectivity index (χ4v) is 4.32. The van der Waals surface area contributed by atoms with Crippen LogP contribution in [0, 0.1) is 24.0 Å². The molecule has 1 aliphatic heterocycles. The molecule has 29 heavy (non-hydrogen) atoms. The van der Waals surface area contributed by atoms with Gasteiger partial charge in [-0.2, -0.15) is 0 Å². The number of nitro benzene ring substituents is 1. The SMILES string of the molecule is Cc1ccc(NC(=O)N2CCN(c3nc4ccc([N+](=O)[O-])cc4s3)CC2)cc1C. The Kier molecular flexibility index (Phi) is 5.06. The zero-order valence-electron chi connectivity index (χ0n) is 16.2. The molecule has 0 aliphatic carbocycles. The predicted molar refractivity (Wildman–Crippen MR) is 115 cm³/mol. The van der Waals surface area contributed by atoms with E-state index in [1.807, 2.05) is 32.0 Å². The van der Waals surface area contributed by atoms with E-state index in [1.165, 1.54) is 23.0 Å². The summed E-state index contributed by atoms with van der Waals surface area (Å²) in [5, 5.41) is 14.7. The summed E-state index contributed by atoms with van der Waals surface area (Å²) >= 11 is 1.44. The number of non-ortho nitro benzene ring substituents is 1. The molecule has 1 aliphatic rings. The van der Waals surface area contributed by atoms with E-state index in [-0.39, 0.29) is 11.7 Å². The summed E-state index contributed by atoms with van der Waals surface area (Å²) in [6.45, 7) is 6.58. The van der Waals surface area contributed by atoms with Crippen molar-refractivity contribution in [2.24, 2.45) is 0 Å². The zero-order chi connectivity index (χ0) is 20.5. The molecular weight excluding hydrogens is 390 g/mol. The topological polar surface area (TPSA) is 91.6 Å². The number of rotatable bonds is 3. The number of nitrogens with zero attached hydrogens (tertiary/aromatic N) is 4. The summed E-state index contributed by atoms with van der Waals surface area (Å²) in [5.74, 6) is 0. The molecule has 1 N–H and O–H groups in total. The quantitative estimate of drug-likeness (QED) is 0.516. The number of benzene rings is 2. The molecule has 0 radical (unpaired) electrons. The van der Waals surface area contributed by atoms with E-state index in [0.29, 0.717) is 26.2 Å². The van der Waals surface area contributed by atoms with Gasteiger partial charge in [-0.05, 0) is 43.2 Å². The number of nitrogens with one attached hydrogen (secondary N) is 1. The van der Waals surface area contributed by atoms with Crippen LogP contribution in [0.15, 0.2) is 36.4 Å². The first-order valence-electron chi connectivity index (χ1n) is 9.34. The third-order valence-electron chi connectivity index (χ3n) is 5.17. The molecule has 1 fully saturated rings. The highest BCUT2D eigenvalue weighted by molar-refractivity contribution is 7.22. The number of piperazine rings is 1. The van der Waals surface area contributed by atoms with E-state index in [2.05, 4.69) is 15.2 Å². The first kappa shape index (κ1) is 19.1. The molecule has 1 aromatic heterocycles. The van der Waals surface area contributed by atoms with Crippen molar-refractivity contribution in [2.75, 3.05) is 36.4 Å². The van der Waals surface area contributed by atoms with Gasteiger partial charge in [0.05, 0.1) is 15.1 Å². The Hall–Kier alpha value is -3.20. The first-order chi connectivity index (χ1) is 13.9. The van der Waals surface area contributed by atoms with Gasteiger partial charge in [-0.1, -0.05) is 17.4 Å². The molecule has 0 atom stereocenters. The number of carbonyl (C=O) groups excluding carboxylic acids is 1. The van der Waals surface area contributed by atoms with Gasteiger partial charge in [0.2, 0.25) is 0 Å². The smallest absolute Gasteiger partial charge is 0.321 e. The fourth-order valence-electron chi connectivity index (χ4n) is 3.27. The maximum Gasteiger partial charge on any atom is 0.321 e. The Labute approximate surface area is 171 Å². The third-order valence-corrected chi connectivity index (χ3v) is 6.25. The first-order valence-corrected chi connectivity index (χ1v) is 10.2. The lowest BCUT2D eigenvalue weighted by Crippen LogP contribution is -2.50. The fraction of sp³-hybridized carbons (Fsp3) is 0.300. The van der Waals surface area contributed by atoms with Gasteiger partial charge >= 0.3 is 6.03 Å². The van der Waals surface area contributed by atoms with Crippen LogP contribution in [0.1, 0.15) is 11.1 Å². The summed E-state index contributed by atoms with van der Waals surface area (Å²) in [6.07, 6.45) is 0. The van der Waals surface area contributed by atoms with Crippen molar-refractivity contribution >= 4 is 44.1 Å². The van der Waals surface area contributed by atoms with E-state index in [9.17, 15) is 14.9 Å². The highest BCUT2D eigenvalue weighted by Crippen LogP contribution is 2.31. The maximum atomic E-state index is 12.6. The standard InChI is InChI=1S/C20H21N5O3S/c1-13-3-4-15(11-14(13)2)21-19(26)23-7-9-24(10-8-23)20-22-17-6-5-16(25(27)28)12-18(17)29-20/h3-6,11-12H,7-10H2,1-2H3,(H,21,26). The van der Waals surface area contributed by atoms with Crippen molar-refractivity contribution in [2.45, 2.75) is 13.8 Å². The van der Waals surface area contributed by atoms with Gasteiger partial charge < -0.3 is 15.1 Å². The average molecular weight is 411 g/mol. The van der Waals surface area contributed by atoms with Crippen LogP contribution >= 0.6 is 11.3 Å². The number of hydrogen-bond donors (Lipinski definition) is 1. The highest BCUT2D eigenvalue weighted by atomic mass is 32.1. The number of amides is 2. The summed E-state index contributed by atoms with van der Waals surface area (Å²) in [4.78, 5) is 31.6. The molecule has 0 unspecified atom stereocenters. The van der Waals surface area contributed by atoms with Crippen molar-refractivity contribution in [3.63, 3.8) is 0 Å². The monoisotopic (exact) mass is 411 g/mol. The van der Waals surface area contributed by atoms with E-state index in [0.717, 1.165) is 26.6 Å². The van der Waals surface area contributed by atoms with Crippen LogP contribution in [0.3, 0.4) is 0 Å².